The van der Waals surface area contributed by atoms with Crippen molar-refractivity contribution in [1.82, 2.24) is 19.6 Å². The van der Waals surface area contributed by atoms with Crippen LogP contribution >= 0.6 is 0 Å². The lowest BCUT2D eigenvalue weighted by atomic mass is 9.71. The number of nitrogens with zero attached hydrogens (tertiary/aromatic N) is 4. The van der Waals surface area contributed by atoms with Crippen molar-refractivity contribution in [2.24, 2.45) is 40.2 Å². The second-order valence-electron chi connectivity index (χ2n) is 11.9. The van der Waals surface area contributed by atoms with E-state index in [0.717, 1.165) is 0 Å². The third kappa shape index (κ3) is 12.3. The summed E-state index contributed by atoms with van der Waals surface area (Å²) < 4.78 is 0. The van der Waals surface area contributed by atoms with Gasteiger partial charge in [-0.15, -0.1) is 0 Å². The van der Waals surface area contributed by atoms with Gasteiger partial charge in [0.1, 0.15) is 5.78 Å². The summed E-state index contributed by atoms with van der Waals surface area (Å²) in [6.45, 7) is 13.3. The number of rotatable bonds is 14. The van der Waals surface area contributed by atoms with Gasteiger partial charge in [0.2, 0.25) is 23.6 Å². The molecule has 2 atom stereocenters. The quantitative estimate of drug-likeness (QED) is 0.186. The molecule has 1 fully saturated rings. The molecule has 40 heavy (non-hydrogen) atoms. The number of amides is 4. The Morgan fingerprint density at radius 2 is 0.975 bits per heavy atom. The fourth-order valence-electron chi connectivity index (χ4n) is 5.26. The van der Waals surface area contributed by atoms with E-state index in [9.17, 15) is 24.0 Å². The van der Waals surface area contributed by atoms with Crippen LogP contribution in [-0.4, -0.2) is 127 Å². The van der Waals surface area contributed by atoms with E-state index in [0.29, 0.717) is 65.2 Å². The third-order valence-corrected chi connectivity index (χ3v) is 8.04. The van der Waals surface area contributed by atoms with Crippen molar-refractivity contribution in [1.29, 1.82) is 0 Å². The topological polar surface area (TPSA) is 202 Å². The molecule has 1 heterocycles. The van der Waals surface area contributed by atoms with E-state index >= 15 is 0 Å². The molecule has 1 saturated heterocycles. The summed E-state index contributed by atoms with van der Waals surface area (Å²) in [5.74, 6) is -1.80. The van der Waals surface area contributed by atoms with Crippen LogP contribution in [0.2, 0.25) is 0 Å². The Hall–Kier alpha value is -2.61. The highest BCUT2D eigenvalue weighted by atomic mass is 16.2. The number of carbonyl (C=O) groups is 5. The van der Waals surface area contributed by atoms with Gasteiger partial charge in [0.25, 0.3) is 0 Å². The second-order valence-corrected chi connectivity index (χ2v) is 11.9. The molecule has 0 aromatic carbocycles. The average Bonchev–Trinajstić information content (AvgIpc) is 2.83. The molecular formula is C27H52N8O5. The van der Waals surface area contributed by atoms with Crippen LogP contribution in [0.25, 0.3) is 0 Å². The fraction of sp³-hybridized carbons (Fsp3) is 0.815. The molecule has 1 rings (SSSR count). The van der Waals surface area contributed by atoms with Gasteiger partial charge in [0.15, 0.2) is 0 Å². The van der Waals surface area contributed by atoms with Crippen molar-refractivity contribution in [3.05, 3.63) is 0 Å². The first-order chi connectivity index (χ1) is 18.5. The first kappa shape index (κ1) is 35.4. The zero-order valence-corrected chi connectivity index (χ0v) is 25.1. The monoisotopic (exact) mass is 568 g/mol. The van der Waals surface area contributed by atoms with Crippen molar-refractivity contribution in [2.75, 3.05) is 72.0 Å². The molecule has 0 spiro atoms. The minimum Gasteiger partial charge on any atom is -0.369 e. The van der Waals surface area contributed by atoms with Crippen molar-refractivity contribution >= 4 is 29.4 Å². The molecular weight excluding hydrogens is 516 g/mol. The number of hydrogen-bond donors (Lipinski definition) is 4. The van der Waals surface area contributed by atoms with Crippen LogP contribution in [-0.2, 0) is 24.0 Å². The zero-order valence-electron chi connectivity index (χ0n) is 25.1. The SMILES string of the molecule is CC(C)C(=O)C(C)(C)C(C)CCC(C(N)=O)N1CCN(CC(N)=O)CCN(CC(N)=O)CCN(CC(N)=O)CC1. The Bertz CT molecular complexity index is 849. The van der Waals surface area contributed by atoms with Gasteiger partial charge in [-0.3, -0.25) is 43.6 Å². The molecule has 0 bridgehead atoms. The Morgan fingerprint density at radius 1 is 0.625 bits per heavy atom. The maximum Gasteiger partial charge on any atom is 0.234 e. The standard InChI is InChI=1S/C27H52N8O5/c1-19(2)25(39)27(4,5)20(3)6-7-21(26(31)40)35-14-12-33(17-23(29)37)10-8-32(16-22(28)36)9-11-34(13-15-35)18-24(30)38/h19-21H,6-18H2,1-5H3,(H2,28,36)(H2,29,37)(H2,30,38)(H2,31,40). The van der Waals surface area contributed by atoms with Crippen LogP contribution in [0, 0.1) is 17.3 Å². The number of hydrogen-bond acceptors (Lipinski definition) is 9. The maximum absolute atomic E-state index is 12.8. The molecule has 13 nitrogen and oxygen atoms in total. The van der Waals surface area contributed by atoms with Crippen molar-refractivity contribution in [3.8, 4) is 0 Å². The lowest BCUT2D eigenvalue weighted by molar-refractivity contribution is -0.133. The van der Waals surface area contributed by atoms with Gasteiger partial charge in [-0.25, -0.2) is 0 Å². The maximum atomic E-state index is 12.8. The van der Waals surface area contributed by atoms with Crippen LogP contribution < -0.4 is 22.9 Å². The first-order valence-corrected chi connectivity index (χ1v) is 14.1. The van der Waals surface area contributed by atoms with Gasteiger partial charge >= 0.3 is 0 Å². The van der Waals surface area contributed by atoms with E-state index in [1.807, 2.05) is 54.2 Å². The molecule has 4 amide bonds. The van der Waals surface area contributed by atoms with Crippen LogP contribution in [0.3, 0.4) is 0 Å². The number of ketones is 1. The molecule has 1 aliphatic rings. The fourth-order valence-corrected chi connectivity index (χ4v) is 5.26. The molecule has 230 valence electrons. The Labute approximate surface area is 238 Å². The third-order valence-electron chi connectivity index (χ3n) is 8.04. The smallest absolute Gasteiger partial charge is 0.234 e. The van der Waals surface area contributed by atoms with Gasteiger partial charge in [0.05, 0.1) is 25.7 Å². The first-order valence-electron chi connectivity index (χ1n) is 14.1. The predicted octanol–water partition coefficient (Wildman–Crippen LogP) is -1.81. The minimum atomic E-state index is -0.604. The molecule has 8 N–H and O–H groups in total. The largest absolute Gasteiger partial charge is 0.369 e. The molecule has 0 radical (unpaired) electrons. The summed E-state index contributed by atoms with van der Waals surface area (Å²) in [6.07, 6.45) is 1.08. The normalized spacial score (nSPS) is 19.4. The zero-order chi connectivity index (χ0) is 30.6. The van der Waals surface area contributed by atoms with E-state index in [1.54, 1.807) is 0 Å². The van der Waals surface area contributed by atoms with E-state index in [2.05, 4.69) is 0 Å². The average molecular weight is 569 g/mol. The van der Waals surface area contributed by atoms with Gasteiger partial charge in [-0.1, -0.05) is 34.6 Å². The molecule has 0 aliphatic carbocycles. The molecule has 2 unspecified atom stereocenters. The van der Waals surface area contributed by atoms with E-state index < -0.39 is 35.1 Å². The van der Waals surface area contributed by atoms with E-state index in [4.69, 9.17) is 22.9 Å². The molecule has 13 heteroatoms. The lowest BCUT2D eigenvalue weighted by Crippen LogP contribution is -2.53. The summed E-state index contributed by atoms with van der Waals surface area (Å²) in [5.41, 5.74) is 21.8. The summed E-state index contributed by atoms with van der Waals surface area (Å²) in [7, 11) is 0. The highest BCUT2D eigenvalue weighted by Crippen LogP contribution is 2.34. The number of carbonyl (C=O) groups excluding carboxylic acids is 5. The molecule has 1 aliphatic heterocycles. The van der Waals surface area contributed by atoms with Crippen molar-refractivity contribution in [3.63, 3.8) is 0 Å². The summed E-state index contributed by atoms with van der Waals surface area (Å²) in [5, 5.41) is 0. The summed E-state index contributed by atoms with van der Waals surface area (Å²) in [4.78, 5) is 68.3. The molecule has 0 aromatic heterocycles. The summed E-state index contributed by atoms with van der Waals surface area (Å²) in [6, 6.07) is -0.604. The second kappa shape index (κ2) is 16.6. The van der Waals surface area contributed by atoms with Crippen molar-refractivity contribution < 1.29 is 24.0 Å². The molecule has 0 saturated carbocycles. The Balaban J connectivity index is 3.19. The van der Waals surface area contributed by atoms with E-state index in [-0.39, 0.29) is 37.3 Å². The number of Topliss-reactive ketones (excluding diaryl/α,β-unsaturated/α-hetero) is 1. The lowest BCUT2D eigenvalue weighted by Gasteiger charge is -2.37. The minimum absolute atomic E-state index is 0.0191. The van der Waals surface area contributed by atoms with Crippen LogP contribution in [0.1, 0.15) is 47.5 Å². The van der Waals surface area contributed by atoms with Crippen molar-refractivity contribution in [2.45, 2.75) is 53.5 Å². The Kier molecular flexibility index (Phi) is 14.7. The number of nitrogens with two attached hydrogens (primary N) is 4. The van der Waals surface area contributed by atoms with Gasteiger partial charge in [0, 0.05) is 63.7 Å². The van der Waals surface area contributed by atoms with E-state index in [1.165, 1.54) is 0 Å². The van der Waals surface area contributed by atoms with Gasteiger partial charge in [-0.2, -0.15) is 0 Å². The van der Waals surface area contributed by atoms with Gasteiger partial charge in [-0.05, 0) is 18.8 Å². The summed E-state index contributed by atoms with van der Waals surface area (Å²) >= 11 is 0. The highest BCUT2D eigenvalue weighted by Gasteiger charge is 2.36. The predicted molar refractivity (Wildman–Crippen MR) is 153 cm³/mol. The van der Waals surface area contributed by atoms with Crippen LogP contribution in [0.5, 0.6) is 0 Å². The molecule has 0 aromatic rings. The Morgan fingerprint density at radius 3 is 1.27 bits per heavy atom. The van der Waals surface area contributed by atoms with Crippen LogP contribution in [0.15, 0.2) is 0 Å². The number of primary amides is 4. The highest BCUT2D eigenvalue weighted by molar-refractivity contribution is 5.86. The van der Waals surface area contributed by atoms with Crippen LogP contribution in [0.4, 0.5) is 0 Å². The van der Waals surface area contributed by atoms with Gasteiger partial charge < -0.3 is 22.9 Å².